The molecule has 9 nitrogen and oxygen atoms in total. The molecular weight excluding hydrogens is 424 g/mol. The summed E-state index contributed by atoms with van der Waals surface area (Å²) in [5.74, 6) is 0.800. The molecule has 0 radical (unpaired) electrons. The lowest BCUT2D eigenvalue weighted by atomic mass is 10.2. The molecule has 0 bridgehead atoms. The molecule has 0 atom stereocenters. The Kier molecular flexibility index (Phi) is 6.31. The van der Waals surface area contributed by atoms with E-state index in [4.69, 9.17) is 9.15 Å². The van der Waals surface area contributed by atoms with Crippen molar-refractivity contribution in [3.8, 4) is 11.4 Å². The van der Waals surface area contributed by atoms with Crippen molar-refractivity contribution in [3.63, 3.8) is 0 Å². The second-order valence-electron chi connectivity index (χ2n) is 7.15. The molecule has 0 aliphatic rings. The lowest BCUT2D eigenvalue weighted by Gasteiger charge is -2.06. The summed E-state index contributed by atoms with van der Waals surface area (Å²) in [7, 11) is 0. The van der Waals surface area contributed by atoms with Crippen LogP contribution in [-0.4, -0.2) is 21.6 Å². The van der Waals surface area contributed by atoms with Gasteiger partial charge in [0.15, 0.2) is 5.76 Å². The number of nitrogens with one attached hydrogen (secondary N) is 1. The van der Waals surface area contributed by atoms with Crippen molar-refractivity contribution in [2.75, 3.05) is 0 Å². The summed E-state index contributed by atoms with van der Waals surface area (Å²) >= 11 is 0. The number of hydrogen-bond donors (Lipinski definition) is 1. The van der Waals surface area contributed by atoms with Gasteiger partial charge in [0, 0.05) is 18.3 Å². The smallest absolute Gasteiger partial charge is 0.307 e. The number of nitro benzene ring substituents is 1. The third-order valence-corrected chi connectivity index (χ3v) is 4.75. The summed E-state index contributed by atoms with van der Waals surface area (Å²) in [6, 6.07) is 20.6. The van der Waals surface area contributed by atoms with Gasteiger partial charge in [0.05, 0.1) is 22.5 Å². The van der Waals surface area contributed by atoms with Gasteiger partial charge in [-0.3, -0.25) is 14.9 Å². The van der Waals surface area contributed by atoms with Crippen LogP contribution in [0.25, 0.3) is 5.69 Å². The number of hydrogen-bond acceptors (Lipinski definition) is 6. The molecule has 2 heterocycles. The maximum Gasteiger partial charge on any atom is 0.307 e. The molecule has 4 aromatic rings. The molecule has 2 aromatic carbocycles. The molecule has 0 aliphatic heterocycles. The third-order valence-electron chi connectivity index (χ3n) is 4.75. The first-order chi connectivity index (χ1) is 16.0. The fourth-order valence-corrected chi connectivity index (χ4v) is 3.07. The summed E-state index contributed by atoms with van der Waals surface area (Å²) in [4.78, 5) is 22.9. The van der Waals surface area contributed by atoms with Crippen LogP contribution in [0.1, 0.15) is 27.6 Å². The van der Waals surface area contributed by atoms with E-state index in [1.165, 1.54) is 18.3 Å². The van der Waals surface area contributed by atoms with Crippen molar-refractivity contribution >= 4 is 17.8 Å². The number of furan rings is 1. The maximum atomic E-state index is 12.3. The molecule has 1 N–H and O–H groups in total. The van der Waals surface area contributed by atoms with Crippen LogP contribution < -0.4 is 10.2 Å². The zero-order valence-electron chi connectivity index (χ0n) is 17.7. The van der Waals surface area contributed by atoms with Crippen LogP contribution >= 0.6 is 0 Å². The molecule has 4 rings (SSSR count). The predicted molar refractivity (Wildman–Crippen MR) is 122 cm³/mol. The highest BCUT2D eigenvalue weighted by atomic mass is 16.6. The lowest BCUT2D eigenvalue weighted by molar-refractivity contribution is -0.384. The number of rotatable bonds is 8. The van der Waals surface area contributed by atoms with E-state index in [1.807, 2.05) is 31.2 Å². The number of aromatic nitrogens is 1. The van der Waals surface area contributed by atoms with Crippen LogP contribution in [0.5, 0.6) is 5.75 Å². The normalized spacial score (nSPS) is 10.9. The molecule has 33 heavy (non-hydrogen) atoms. The van der Waals surface area contributed by atoms with Crippen LogP contribution in [0.3, 0.4) is 0 Å². The van der Waals surface area contributed by atoms with Crippen LogP contribution in [0, 0.1) is 17.0 Å². The van der Waals surface area contributed by atoms with Gasteiger partial charge >= 0.3 is 5.91 Å². The molecule has 1 amide bonds. The summed E-state index contributed by atoms with van der Waals surface area (Å²) in [6.07, 6.45) is 3.19. The Hall–Kier alpha value is -4.66. The van der Waals surface area contributed by atoms with Crippen molar-refractivity contribution in [3.05, 3.63) is 112 Å². The lowest BCUT2D eigenvalue weighted by Crippen LogP contribution is -2.17. The zero-order valence-corrected chi connectivity index (χ0v) is 17.7. The average molecular weight is 444 g/mol. The largest absolute Gasteiger partial charge is 0.486 e. The van der Waals surface area contributed by atoms with E-state index in [2.05, 4.69) is 10.5 Å². The minimum absolute atomic E-state index is 0.0163. The summed E-state index contributed by atoms with van der Waals surface area (Å²) in [5, 5.41) is 15.0. The van der Waals surface area contributed by atoms with E-state index in [0.29, 0.717) is 22.9 Å². The monoisotopic (exact) mass is 444 g/mol. The van der Waals surface area contributed by atoms with Gasteiger partial charge in [-0.05, 0) is 49.4 Å². The molecule has 0 saturated heterocycles. The first-order valence-corrected chi connectivity index (χ1v) is 10.0. The van der Waals surface area contributed by atoms with Crippen LogP contribution in [-0.2, 0) is 6.61 Å². The summed E-state index contributed by atoms with van der Waals surface area (Å²) < 4.78 is 12.9. The van der Waals surface area contributed by atoms with E-state index < -0.39 is 10.8 Å². The molecule has 0 unspecified atom stereocenters. The van der Waals surface area contributed by atoms with E-state index in [1.54, 1.807) is 47.2 Å². The molecule has 0 spiro atoms. The Balaban J connectivity index is 1.36. The number of ether oxygens (including phenoxy) is 1. The predicted octanol–water partition coefficient (Wildman–Crippen LogP) is 4.63. The van der Waals surface area contributed by atoms with E-state index in [-0.39, 0.29) is 18.1 Å². The van der Waals surface area contributed by atoms with Gasteiger partial charge in [-0.2, -0.15) is 5.10 Å². The molecule has 166 valence electrons. The fraction of sp³-hybridized carbons (Fsp3) is 0.0833. The van der Waals surface area contributed by atoms with Crippen molar-refractivity contribution in [2.24, 2.45) is 5.10 Å². The van der Waals surface area contributed by atoms with Gasteiger partial charge in [0.25, 0.3) is 5.69 Å². The van der Waals surface area contributed by atoms with Gasteiger partial charge in [-0.15, -0.1) is 0 Å². The molecule has 0 fully saturated rings. The SMILES string of the molecule is Cc1ccc(OCc2ccc(C(=O)N/N=C\c3cccn3-c3cccc([N+](=O)[O-])c3)o2)cc1. The number of non-ortho nitro benzene ring substituents is 1. The number of amides is 1. The van der Waals surface area contributed by atoms with Crippen molar-refractivity contribution < 1.29 is 18.9 Å². The summed E-state index contributed by atoms with van der Waals surface area (Å²) in [6.45, 7) is 2.19. The Morgan fingerprint density at radius 3 is 2.76 bits per heavy atom. The Morgan fingerprint density at radius 1 is 1.15 bits per heavy atom. The Labute approximate surface area is 189 Å². The van der Waals surface area contributed by atoms with Crippen LogP contribution in [0.2, 0.25) is 0 Å². The topological polar surface area (TPSA) is 112 Å². The third kappa shape index (κ3) is 5.34. The van der Waals surface area contributed by atoms with Gasteiger partial charge in [0.1, 0.15) is 18.1 Å². The molecule has 9 heteroatoms. The fourth-order valence-electron chi connectivity index (χ4n) is 3.07. The number of carbonyl (C=O) groups excluding carboxylic acids is 1. The van der Waals surface area contributed by atoms with Crippen LogP contribution in [0.15, 0.2) is 88.5 Å². The van der Waals surface area contributed by atoms with Gasteiger partial charge < -0.3 is 13.7 Å². The average Bonchev–Trinajstić information content (AvgIpc) is 3.48. The van der Waals surface area contributed by atoms with Crippen molar-refractivity contribution in [1.82, 2.24) is 9.99 Å². The van der Waals surface area contributed by atoms with Crippen molar-refractivity contribution in [1.29, 1.82) is 0 Å². The standard InChI is InChI=1S/C24H20N4O5/c1-17-7-9-21(10-8-17)32-16-22-11-12-23(33-22)24(29)26-25-15-20-6-3-13-27(20)18-4-2-5-19(14-18)28(30)31/h2-15H,16H2,1H3,(H,26,29)/b25-15-. The minimum Gasteiger partial charge on any atom is -0.486 e. The Morgan fingerprint density at radius 2 is 1.97 bits per heavy atom. The molecule has 0 saturated carbocycles. The van der Waals surface area contributed by atoms with Crippen LogP contribution in [0.4, 0.5) is 5.69 Å². The molecule has 0 aliphatic carbocycles. The van der Waals surface area contributed by atoms with Gasteiger partial charge in [-0.25, -0.2) is 5.43 Å². The molecule has 2 aromatic heterocycles. The highest BCUT2D eigenvalue weighted by molar-refractivity contribution is 5.92. The number of nitro groups is 1. The summed E-state index contributed by atoms with van der Waals surface area (Å²) in [5.41, 5.74) is 4.76. The highest BCUT2D eigenvalue weighted by Crippen LogP contribution is 2.18. The van der Waals surface area contributed by atoms with Crippen molar-refractivity contribution in [2.45, 2.75) is 13.5 Å². The molecular formula is C24H20N4O5. The van der Waals surface area contributed by atoms with E-state index in [9.17, 15) is 14.9 Å². The number of aryl methyl sites for hydroxylation is 1. The second-order valence-corrected chi connectivity index (χ2v) is 7.15. The quantitative estimate of drug-likeness (QED) is 0.242. The van der Waals surface area contributed by atoms with E-state index >= 15 is 0 Å². The first kappa shape index (κ1) is 21.6. The number of carbonyl (C=O) groups is 1. The van der Waals surface area contributed by atoms with Gasteiger partial charge in [0.2, 0.25) is 0 Å². The number of benzene rings is 2. The highest BCUT2D eigenvalue weighted by Gasteiger charge is 2.12. The number of nitrogens with zero attached hydrogens (tertiary/aromatic N) is 3. The minimum atomic E-state index is -0.513. The second kappa shape index (κ2) is 9.65. The number of hydrazone groups is 1. The Bertz CT molecular complexity index is 1300. The maximum absolute atomic E-state index is 12.3. The zero-order chi connectivity index (χ0) is 23.2. The van der Waals surface area contributed by atoms with Gasteiger partial charge in [-0.1, -0.05) is 23.8 Å². The van der Waals surface area contributed by atoms with E-state index in [0.717, 1.165) is 5.56 Å². The first-order valence-electron chi connectivity index (χ1n) is 10.0.